The molecule has 8 nitrogen and oxygen atoms in total. The van der Waals surface area contributed by atoms with Gasteiger partial charge in [0, 0.05) is 17.5 Å². The van der Waals surface area contributed by atoms with E-state index in [4.69, 9.17) is 5.11 Å². The molecule has 0 fully saturated rings. The Morgan fingerprint density at radius 1 is 1.22 bits per heavy atom. The van der Waals surface area contributed by atoms with Crippen molar-refractivity contribution in [1.82, 2.24) is 0 Å². The topological polar surface area (TPSA) is 124 Å². The van der Waals surface area contributed by atoms with Crippen LogP contribution in [0.5, 0.6) is 0 Å². The number of aromatic carboxylic acids is 1. The molecule has 0 bridgehead atoms. The first-order chi connectivity index (χ1) is 8.33. The summed E-state index contributed by atoms with van der Waals surface area (Å²) in [5, 5.41) is 30.3. The van der Waals surface area contributed by atoms with E-state index >= 15 is 0 Å². The van der Waals surface area contributed by atoms with Gasteiger partial charge in [0.15, 0.2) is 0 Å². The fraction of sp³-hybridized carbons (Fsp3) is 0.222. The minimum absolute atomic E-state index is 0.490. The summed E-state index contributed by atoms with van der Waals surface area (Å²) in [4.78, 5) is 29.4. The van der Waals surface area contributed by atoms with E-state index in [0.717, 1.165) is 17.5 Å². The zero-order valence-electron chi connectivity index (χ0n) is 9.20. The van der Waals surface area contributed by atoms with Gasteiger partial charge in [-0.05, 0) is 0 Å². The number of carboxylic acid groups (broad SMARTS) is 1. The van der Waals surface area contributed by atoms with Crippen molar-refractivity contribution in [3.63, 3.8) is 0 Å². The number of nitrogens with zero attached hydrogens (tertiary/aromatic N) is 2. The lowest BCUT2D eigenvalue weighted by molar-refractivity contribution is -0.394. The Labute approximate surface area is 110 Å². The van der Waals surface area contributed by atoms with Gasteiger partial charge in [-0.15, -0.1) is 0 Å². The van der Waals surface area contributed by atoms with E-state index in [-0.39, 0.29) is 0 Å². The molecule has 0 aliphatic carbocycles. The second-order valence-corrected chi connectivity index (χ2v) is 3.95. The highest BCUT2D eigenvalue weighted by atomic mass is 79.9. The Bertz CT molecular complexity index is 397. The molecule has 0 heterocycles. The van der Waals surface area contributed by atoms with Crippen LogP contribution in [0.3, 0.4) is 0 Å². The van der Waals surface area contributed by atoms with Crippen molar-refractivity contribution in [2.75, 3.05) is 5.33 Å². The highest BCUT2D eigenvalue weighted by Crippen LogP contribution is 2.22. The van der Waals surface area contributed by atoms with Crippen LogP contribution in [0.15, 0.2) is 18.2 Å². The number of non-ortho nitro benzene ring substituents is 2. The van der Waals surface area contributed by atoms with Crippen LogP contribution >= 0.6 is 15.9 Å². The third kappa shape index (κ3) is 4.87. The number of alkyl halides is 1. The van der Waals surface area contributed by atoms with Crippen LogP contribution in [0, 0.1) is 20.2 Å². The van der Waals surface area contributed by atoms with Crippen molar-refractivity contribution >= 4 is 33.3 Å². The molecular weight excluding hydrogens is 312 g/mol. The molecule has 0 aliphatic rings. The normalized spacial score (nSPS) is 9.00. The van der Waals surface area contributed by atoms with Gasteiger partial charge in [0.25, 0.3) is 11.4 Å². The summed E-state index contributed by atoms with van der Waals surface area (Å²) in [6, 6.07) is 2.22. The number of hydrogen-bond donors (Lipinski definition) is 1. The first-order valence-electron chi connectivity index (χ1n) is 4.56. The van der Waals surface area contributed by atoms with E-state index in [9.17, 15) is 25.0 Å². The molecule has 1 aromatic rings. The minimum Gasteiger partial charge on any atom is -0.478 e. The van der Waals surface area contributed by atoms with E-state index in [1.54, 1.807) is 0 Å². The predicted octanol–water partition coefficient (Wildman–Crippen LogP) is 2.60. The average Bonchev–Trinajstić information content (AvgIpc) is 2.29. The number of halogens is 1. The quantitative estimate of drug-likeness (QED) is 0.518. The molecule has 1 rings (SSSR count). The summed E-state index contributed by atoms with van der Waals surface area (Å²) in [6.45, 7) is 2.04. The lowest BCUT2D eigenvalue weighted by Crippen LogP contribution is -2.00. The first-order valence-corrected chi connectivity index (χ1v) is 5.68. The smallest absolute Gasteiger partial charge is 0.336 e. The van der Waals surface area contributed by atoms with Gasteiger partial charge in [-0.25, -0.2) is 4.79 Å². The molecule has 0 saturated carbocycles. The number of rotatable bonds is 3. The zero-order valence-corrected chi connectivity index (χ0v) is 10.8. The van der Waals surface area contributed by atoms with Crippen molar-refractivity contribution in [2.24, 2.45) is 0 Å². The molecule has 0 radical (unpaired) electrons. The zero-order chi connectivity index (χ0) is 14.3. The number of hydrogen-bond acceptors (Lipinski definition) is 5. The van der Waals surface area contributed by atoms with Gasteiger partial charge >= 0.3 is 5.97 Å². The van der Waals surface area contributed by atoms with Crippen LogP contribution in [0.2, 0.25) is 0 Å². The second kappa shape index (κ2) is 7.33. The molecule has 98 valence electrons. The molecular formula is C9H9BrN2O6. The number of nitro benzene ring substituents is 2. The van der Waals surface area contributed by atoms with Crippen LogP contribution in [0.25, 0.3) is 0 Å². The Kier molecular flexibility index (Phi) is 6.50. The number of nitro groups is 2. The lowest BCUT2D eigenvalue weighted by atomic mass is 10.2. The first kappa shape index (κ1) is 16.0. The Morgan fingerprint density at radius 3 is 1.78 bits per heavy atom. The van der Waals surface area contributed by atoms with E-state index in [2.05, 4.69) is 15.9 Å². The third-order valence-electron chi connectivity index (χ3n) is 1.57. The predicted molar refractivity (Wildman–Crippen MR) is 66.2 cm³/mol. The summed E-state index contributed by atoms with van der Waals surface area (Å²) >= 11 is 3.15. The maximum atomic E-state index is 10.5. The van der Waals surface area contributed by atoms with Crippen LogP contribution in [0.4, 0.5) is 11.4 Å². The number of carboxylic acids is 1. The molecule has 0 atom stereocenters. The van der Waals surface area contributed by atoms with Crippen molar-refractivity contribution in [1.29, 1.82) is 0 Å². The van der Waals surface area contributed by atoms with Gasteiger partial charge in [-0.2, -0.15) is 0 Å². The molecule has 1 aromatic carbocycles. The number of benzene rings is 1. The monoisotopic (exact) mass is 320 g/mol. The molecule has 0 saturated heterocycles. The van der Waals surface area contributed by atoms with Gasteiger partial charge in [-0.1, -0.05) is 22.9 Å². The van der Waals surface area contributed by atoms with Gasteiger partial charge in [0.1, 0.15) is 0 Å². The van der Waals surface area contributed by atoms with Crippen molar-refractivity contribution in [3.8, 4) is 0 Å². The summed E-state index contributed by atoms with van der Waals surface area (Å²) < 4.78 is 0. The molecule has 0 aliphatic heterocycles. The van der Waals surface area contributed by atoms with Crippen molar-refractivity contribution in [3.05, 3.63) is 44.0 Å². The Hall–Kier alpha value is -2.03. The van der Waals surface area contributed by atoms with Gasteiger partial charge in [0.2, 0.25) is 0 Å². The summed E-state index contributed by atoms with van der Waals surface area (Å²) in [5.74, 6) is -1.46. The number of carbonyl (C=O) groups is 1. The summed E-state index contributed by atoms with van der Waals surface area (Å²) in [5.41, 5.74) is -1.74. The minimum atomic E-state index is -1.46. The third-order valence-corrected chi connectivity index (χ3v) is 1.57. The van der Waals surface area contributed by atoms with E-state index in [1.165, 1.54) is 0 Å². The maximum absolute atomic E-state index is 10.5. The second-order valence-electron chi connectivity index (χ2n) is 2.82. The van der Waals surface area contributed by atoms with Crippen molar-refractivity contribution in [2.45, 2.75) is 6.92 Å². The fourth-order valence-corrected chi connectivity index (χ4v) is 0.929. The van der Waals surface area contributed by atoms with Gasteiger partial charge < -0.3 is 5.11 Å². The van der Waals surface area contributed by atoms with Crippen LogP contribution in [-0.4, -0.2) is 26.3 Å². The molecule has 1 N–H and O–H groups in total. The largest absolute Gasteiger partial charge is 0.478 e. The fourth-order valence-electron chi connectivity index (χ4n) is 0.929. The molecule has 0 spiro atoms. The van der Waals surface area contributed by atoms with E-state index in [1.807, 2.05) is 6.92 Å². The Balaban J connectivity index is 0.000000873. The summed E-state index contributed by atoms with van der Waals surface area (Å²) in [6.07, 6.45) is 0. The molecule has 9 heteroatoms. The highest BCUT2D eigenvalue weighted by Gasteiger charge is 2.19. The molecule has 0 unspecified atom stereocenters. The SMILES string of the molecule is CCBr.O=C(O)c1cc([N+](=O)[O-])cc([N+](=O)[O-])c1. The lowest BCUT2D eigenvalue weighted by Gasteiger charge is -1.96. The van der Waals surface area contributed by atoms with E-state index in [0.29, 0.717) is 6.07 Å². The van der Waals surface area contributed by atoms with Gasteiger partial charge in [0.05, 0.1) is 21.5 Å². The highest BCUT2D eigenvalue weighted by molar-refractivity contribution is 9.09. The van der Waals surface area contributed by atoms with Crippen LogP contribution in [-0.2, 0) is 0 Å². The molecule has 0 aromatic heterocycles. The van der Waals surface area contributed by atoms with Gasteiger partial charge in [-0.3, -0.25) is 20.2 Å². The Morgan fingerprint density at radius 2 is 1.56 bits per heavy atom. The summed E-state index contributed by atoms with van der Waals surface area (Å²) in [7, 11) is 0. The van der Waals surface area contributed by atoms with Crippen molar-refractivity contribution < 1.29 is 19.7 Å². The van der Waals surface area contributed by atoms with Crippen LogP contribution < -0.4 is 0 Å². The standard InChI is InChI=1S/C7H4N2O6.C2H5Br/c10-7(11)4-1-5(8(12)13)3-6(2-4)9(14)15;1-2-3/h1-3H,(H,10,11);2H2,1H3. The molecule has 0 amide bonds. The molecule has 18 heavy (non-hydrogen) atoms. The average molecular weight is 321 g/mol. The van der Waals surface area contributed by atoms with Crippen LogP contribution in [0.1, 0.15) is 17.3 Å². The maximum Gasteiger partial charge on any atom is 0.336 e. The van der Waals surface area contributed by atoms with E-state index < -0.39 is 32.8 Å².